The lowest BCUT2D eigenvalue weighted by Crippen LogP contribution is -2.72. The maximum atomic E-state index is 13.6. The van der Waals surface area contributed by atoms with Gasteiger partial charge in [0.05, 0.1) is 55.2 Å². The zero-order chi connectivity index (χ0) is 43.8. The Hall–Kier alpha value is -6.20. The van der Waals surface area contributed by atoms with Crippen LogP contribution in [0.25, 0.3) is 10.9 Å². The number of phenolic OH excluding ortho intramolecular Hbond substituents is 2. The number of nitrogens with zero attached hydrogens (tertiary/aromatic N) is 5. The number of carboxylic acids is 3. The average molecular weight is 871 g/mol. The van der Waals surface area contributed by atoms with Gasteiger partial charge in [-0.3, -0.25) is 28.9 Å². The Morgan fingerprint density at radius 1 is 1.12 bits per heavy atom. The quantitative estimate of drug-likeness (QED) is 0.0327. The van der Waals surface area contributed by atoms with Gasteiger partial charge in [-0.1, -0.05) is 5.16 Å². The Morgan fingerprint density at radius 2 is 1.80 bits per heavy atom. The third-order valence-electron chi connectivity index (χ3n) is 10.4. The number of aromatic nitrogens is 2. The van der Waals surface area contributed by atoms with Crippen LogP contribution in [-0.2, 0) is 34.3 Å². The van der Waals surface area contributed by atoms with Gasteiger partial charge >= 0.3 is 11.9 Å². The van der Waals surface area contributed by atoms with Crippen molar-refractivity contribution in [3.05, 3.63) is 56.5 Å². The van der Waals surface area contributed by atoms with Gasteiger partial charge in [0.25, 0.3) is 17.7 Å². The Morgan fingerprint density at radius 3 is 2.40 bits per heavy atom. The lowest BCUT2D eigenvalue weighted by atomic mass is 10.0. The lowest BCUT2D eigenvalue weighted by molar-refractivity contribution is -0.911. The third kappa shape index (κ3) is 8.72. The SMILES string of the molecule is CC(C)(C)n1cc(C(=O)NCC[N+]2(CC3=C(C(=O)[O-])N4C(=O)[C@@H](NC(=O)/C(=N\O[C@@H](CC(=O)O)C(=O)O)c5csc(N)n5)[C@H]4SC3)CCCC2)c(=O)c2cc(O)c(O)cc21. The molecule has 21 nitrogen and oxygen atoms in total. The minimum Gasteiger partial charge on any atom is -0.543 e. The van der Waals surface area contributed by atoms with Gasteiger partial charge < -0.3 is 60.6 Å². The van der Waals surface area contributed by atoms with Crippen molar-refractivity contribution in [3.8, 4) is 11.5 Å². The Balaban J connectivity index is 1.17. The number of nitrogen functional groups attached to an aromatic ring is 1. The number of hydrogen-bond donors (Lipinski definition) is 7. The first-order valence-corrected chi connectivity index (χ1v) is 20.5. The number of amides is 3. The maximum Gasteiger partial charge on any atom is 0.348 e. The highest BCUT2D eigenvalue weighted by Crippen LogP contribution is 2.41. The lowest BCUT2D eigenvalue weighted by Gasteiger charge is -2.51. The summed E-state index contributed by atoms with van der Waals surface area (Å²) in [6.45, 7) is 7.49. The van der Waals surface area contributed by atoms with Gasteiger partial charge in [-0.25, -0.2) is 9.78 Å². The van der Waals surface area contributed by atoms with Crippen LogP contribution in [0.3, 0.4) is 0 Å². The minimum absolute atomic E-state index is 0.0106. The number of thiazole rings is 1. The summed E-state index contributed by atoms with van der Waals surface area (Å²) >= 11 is 2.11. The molecule has 0 spiro atoms. The number of likely N-dealkylation sites (tertiary alicyclic amines) is 1. The second kappa shape index (κ2) is 16.8. The highest BCUT2D eigenvalue weighted by atomic mass is 32.2. The van der Waals surface area contributed by atoms with Crippen LogP contribution in [0, 0.1) is 0 Å². The Labute approximate surface area is 348 Å². The van der Waals surface area contributed by atoms with Crippen molar-refractivity contribution in [1.82, 2.24) is 25.1 Å². The number of quaternary nitrogens is 1. The molecule has 2 aromatic heterocycles. The van der Waals surface area contributed by atoms with Gasteiger partial charge in [0, 0.05) is 47.3 Å². The number of aromatic hydroxyl groups is 2. The van der Waals surface area contributed by atoms with E-state index in [1.807, 2.05) is 20.8 Å². The summed E-state index contributed by atoms with van der Waals surface area (Å²) in [6, 6.07) is 1.13. The summed E-state index contributed by atoms with van der Waals surface area (Å²) in [6.07, 6.45) is 0.0899. The van der Waals surface area contributed by atoms with Crippen molar-refractivity contribution in [1.29, 1.82) is 0 Å². The molecule has 0 aliphatic carbocycles. The largest absolute Gasteiger partial charge is 0.543 e. The smallest absolute Gasteiger partial charge is 0.348 e. The first-order chi connectivity index (χ1) is 28.2. The molecular weight excluding hydrogens is 829 g/mol. The van der Waals surface area contributed by atoms with E-state index >= 15 is 0 Å². The highest BCUT2D eigenvalue weighted by molar-refractivity contribution is 8.00. The molecule has 1 aromatic carbocycles. The van der Waals surface area contributed by atoms with Crippen molar-refractivity contribution < 1.29 is 63.6 Å². The number of phenols is 2. The second-order valence-electron chi connectivity index (χ2n) is 15.5. The van der Waals surface area contributed by atoms with E-state index in [9.17, 15) is 54.0 Å². The van der Waals surface area contributed by atoms with E-state index in [2.05, 4.69) is 20.8 Å². The summed E-state index contributed by atoms with van der Waals surface area (Å²) in [4.78, 5) is 99.3. The molecule has 2 fully saturated rings. The molecule has 3 aliphatic rings. The van der Waals surface area contributed by atoms with Crippen molar-refractivity contribution >= 4 is 80.5 Å². The molecular formula is C37H42N8O13S2. The van der Waals surface area contributed by atoms with Crippen LogP contribution in [0.2, 0.25) is 0 Å². The number of rotatable bonds is 15. The van der Waals surface area contributed by atoms with Crippen molar-refractivity contribution in [2.75, 3.05) is 44.2 Å². The summed E-state index contributed by atoms with van der Waals surface area (Å²) in [5, 5.41) is 60.7. The van der Waals surface area contributed by atoms with Crippen LogP contribution in [0.4, 0.5) is 5.13 Å². The predicted molar refractivity (Wildman–Crippen MR) is 213 cm³/mol. The van der Waals surface area contributed by atoms with Crippen molar-refractivity contribution in [2.24, 2.45) is 5.16 Å². The summed E-state index contributed by atoms with van der Waals surface area (Å²) in [5.74, 6) is -8.04. The number of carbonyl (C=O) groups is 6. The molecule has 23 heteroatoms. The van der Waals surface area contributed by atoms with Crippen LogP contribution in [0.15, 0.2) is 44.9 Å². The van der Waals surface area contributed by atoms with Crippen LogP contribution >= 0.6 is 23.1 Å². The number of oxime groups is 1. The number of fused-ring (bicyclic) bond motifs is 2. The van der Waals surface area contributed by atoms with Crippen LogP contribution in [-0.4, -0.2) is 137 Å². The molecule has 0 radical (unpaired) electrons. The van der Waals surface area contributed by atoms with E-state index in [1.165, 1.54) is 29.4 Å². The number of aliphatic carboxylic acids is 3. The monoisotopic (exact) mass is 870 g/mol. The summed E-state index contributed by atoms with van der Waals surface area (Å²) < 4.78 is 2.04. The highest BCUT2D eigenvalue weighted by Gasteiger charge is 2.54. The topological polar surface area (TPSA) is 316 Å². The fourth-order valence-electron chi connectivity index (χ4n) is 7.49. The number of carbonyl (C=O) groups excluding carboxylic acids is 4. The van der Waals surface area contributed by atoms with Crippen LogP contribution in [0.1, 0.15) is 56.1 Å². The standard InChI is InChI=1S/C37H42N8O13S2/c1-37(2,3)43-13-19(29(50)18-10-22(46)23(47)11-21(18)43)30(51)39-6-9-45(7-4-5-8-45)14-17-15-59-33-27(32(53)44(33)28(17)35(56)57)41-31(52)26(20-16-60-36(38)40-20)42-58-24(34(54)55)12-25(48)49/h10-11,13,16,24,27,33H,4-9,12,14-15H2,1-3H3,(H8-,38,39,40,41,42,46,47,48,49,50,51,52,54,55,56,57)/t24-,27+,33+/m0/s1. The first kappa shape index (κ1) is 43.4. The van der Waals surface area contributed by atoms with Gasteiger partial charge in [-0.05, 0) is 26.8 Å². The number of nitrogens with one attached hydrogen (secondary N) is 2. The van der Waals surface area contributed by atoms with Crippen molar-refractivity contribution in [3.63, 3.8) is 0 Å². The van der Waals surface area contributed by atoms with E-state index in [0.29, 0.717) is 35.2 Å². The number of anilines is 1. The van der Waals surface area contributed by atoms with E-state index in [0.717, 1.165) is 35.1 Å². The molecule has 0 unspecified atom stereocenters. The predicted octanol–water partition coefficient (Wildman–Crippen LogP) is -0.700. The molecule has 0 saturated carbocycles. The number of nitrogens with two attached hydrogens (primary N) is 1. The molecule has 60 heavy (non-hydrogen) atoms. The molecule has 5 heterocycles. The average Bonchev–Trinajstić information content (AvgIpc) is 3.82. The molecule has 3 aliphatic heterocycles. The number of benzene rings is 1. The zero-order valence-corrected chi connectivity index (χ0v) is 34.1. The minimum atomic E-state index is -1.97. The molecule has 3 amide bonds. The molecule has 2 saturated heterocycles. The zero-order valence-electron chi connectivity index (χ0n) is 32.5. The van der Waals surface area contributed by atoms with Gasteiger partial charge in [0.1, 0.15) is 29.2 Å². The first-order valence-electron chi connectivity index (χ1n) is 18.5. The number of thioether (sulfide) groups is 1. The molecule has 320 valence electrons. The fourth-order valence-corrected chi connectivity index (χ4v) is 9.37. The van der Waals surface area contributed by atoms with Gasteiger partial charge in [0.2, 0.25) is 11.5 Å². The molecule has 3 aromatic rings. The van der Waals surface area contributed by atoms with E-state index in [4.69, 9.17) is 15.7 Å². The van der Waals surface area contributed by atoms with E-state index < -0.39 is 87.7 Å². The normalized spacial score (nSPS) is 19.4. The number of pyridine rings is 1. The van der Waals surface area contributed by atoms with Crippen LogP contribution in [0.5, 0.6) is 11.5 Å². The fraction of sp³-hybridized carbons (Fsp3) is 0.432. The summed E-state index contributed by atoms with van der Waals surface area (Å²) in [7, 11) is 0. The van der Waals surface area contributed by atoms with Crippen LogP contribution < -0.4 is 26.9 Å². The van der Waals surface area contributed by atoms with E-state index in [1.54, 1.807) is 4.57 Å². The Kier molecular flexibility index (Phi) is 12.2. The van der Waals surface area contributed by atoms with Gasteiger partial charge in [-0.2, -0.15) is 0 Å². The molecule has 6 rings (SSSR count). The number of β-lactam (4-membered cyclic amide) rings is 1. The van der Waals surface area contributed by atoms with Crippen molar-refractivity contribution in [2.45, 2.75) is 63.1 Å². The van der Waals surface area contributed by atoms with Gasteiger partial charge in [-0.15, -0.1) is 23.1 Å². The maximum absolute atomic E-state index is 13.6. The number of hydrogen-bond acceptors (Lipinski definition) is 16. The molecule has 3 atom stereocenters. The third-order valence-corrected chi connectivity index (χ3v) is 12.4. The summed E-state index contributed by atoms with van der Waals surface area (Å²) in [5.41, 5.74) is 3.93. The molecule has 8 N–H and O–H groups in total. The second-order valence-corrected chi connectivity index (χ2v) is 17.5. The van der Waals surface area contributed by atoms with Gasteiger partial charge in [0.15, 0.2) is 22.3 Å². The van der Waals surface area contributed by atoms with E-state index in [-0.39, 0.29) is 46.3 Å². The molecule has 0 bridgehead atoms. The number of carboxylic acid groups (broad SMARTS) is 3. The Bertz CT molecular complexity index is 2410.